The maximum Gasteiger partial charge on any atom is 0.306 e. The molecule has 0 aliphatic heterocycles. The third kappa shape index (κ3) is 3.20. The number of rotatable bonds is 4. The van der Waals surface area contributed by atoms with Crippen molar-refractivity contribution in [2.45, 2.75) is 44.9 Å². The van der Waals surface area contributed by atoms with E-state index >= 15 is 0 Å². The average Bonchev–Trinajstić information content (AvgIpc) is 2.96. The summed E-state index contributed by atoms with van der Waals surface area (Å²) in [5.74, 6) is -0.415. The number of nitrogens with one attached hydrogen (secondary N) is 1. The maximum atomic E-state index is 11.9. The lowest BCUT2D eigenvalue weighted by molar-refractivity contribution is -0.141. The van der Waals surface area contributed by atoms with Crippen LogP contribution in [0.1, 0.15) is 44.9 Å². The maximum absolute atomic E-state index is 11.9. The summed E-state index contributed by atoms with van der Waals surface area (Å²) in [7, 11) is 0. The fourth-order valence-electron chi connectivity index (χ4n) is 3.05. The van der Waals surface area contributed by atoms with E-state index in [1.165, 1.54) is 25.7 Å². The predicted molar refractivity (Wildman–Crippen MR) is 63.4 cm³/mol. The second-order valence-corrected chi connectivity index (χ2v) is 5.44. The van der Waals surface area contributed by atoms with Crippen molar-refractivity contribution in [3.05, 3.63) is 0 Å². The van der Waals surface area contributed by atoms with E-state index in [2.05, 4.69) is 5.32 Å². The van der Waals surface area contributed by atoms with Crippen LogP contribution < -0.4 is 5.32 Å². The fraction of sp³-hybridized carbons (Fsp3) is 0.846. The number of carboxylic acid groups (broad SMARTS) is 1. The first-order chi connectivity index (χ1) is 8.16. The number of carbonyl (C=O) groups is 2. The van der Waals surface area contributed by atoms with Gasteiger partial charge in [-0.25, -0.2) is 0 Å². The van der Waals surface area contributed by atoms with E-state index in [1.54, 1.807) is 0 Å². The van der Waals surface area contributed by atoms with Gasteiger partial charge in [0.2, 0.25) is 5.91 Å². The van der Waals surface area contributed by atoms with Gasteiger partial charge < -0.3 is 10.4 Å². The number of hydrogen-bond donors (Lipinski definition) is 2. The van der Waals surface area contributed by atoms with Gasteiger partial charge in [0.15, 0.2) is 0 Å². The highest BCUT2D eigenvalue weighted by atomic mass is 16.4. The van der Waals surface area contributed by atoms with E-state index in [-0.39, 0.29) is 17.7 Å². The highest BCUT2D eigenvalue weighted by Crippen LogP contribution is 2.31. The molecule has 2 N–H and O–H groups in total. The minimum Gasteiger partial charge on any atom is -0.481 e. The van der Waals surface area contributed by atoms with Crippen LogP contribution in [-0.2, 0) is 9.59 Å². The van der Waals surface area contributed by atoms with Gasteiger partial charge in [-0.2, -0.15) is 0 Å². The Labute approximate surface area is 102 Å². The van der Waals surface area contributed by atoms with Crippen LogP contribution in [-0.4, -0.2) is 23.5 Å². The van der Waals surface area contributed by atoms with Gasteiger partial charge in [0, 0.05) is 12.5 Å². The molecule has 2 aliphatic carbocycles. The monoisotopic (exact) mass is 239 g/mol. The Balaban J connectivity index is 1.71. The summed E-state index contributed by atoms with van der Waals surface area (Å²) in [4.78, 5) is 22.7. The van der Waals surface area contributed by atoms with Crippen LogP contribution >= 0.6 is 0 Å². The summed E-state index contributed by atoms with van der Waals surface area (Å²) < 4.78 is 0. The molecule has 96 valence electrons. The SMILES string of the molecule is O=C(O)[C@@H]1CC[C@H](C(=O)NCC2CCCC2)C1. The smallest absolute Gasteiger partial charge is 0.306 e. The summed E-state index contributed by atoms with van der Waals surface area (Å²) in [5.41, 5.74) is 0. The van der Waals surface area contributed by atoms with Gasteiger partial charge in [0.05, 0.1) is 5.92 Å². The Hall–Kier alpha value is -1.06. The van der Waals surface area contributed by atoms with Crippen molar-refractivity contribution in [3.8, 4) is 0 Å². The predicted octanol–water partition coefficient (Wildman–Crippen LogP) is 1.79. The average molecular weight is 239 g/mol. The first-order valence-electron chi connectivity index (χ1n) is 6.67. The zero-order valence-electron chi connectivity index (χ0n) is 10.2. The molecule has 0 saturated heterocycles. The van der Waals surface area contributed by atoms with Crippen molar-refractivity contribution in [2.24, 2.45) is 17.8 Å². The normalized spacial score (nSPS) is 29.4. The lowest BCUT2D eigenvalue weighted by Crippen LogP contribution is -2.33. The van der Waals surface area contributed by atoms with Gasteiger partial charge in [-0.1, -0.05) is 12.8 Å². The minimum atomic E-state index is -0.754. The van der Waals surface area contributed by atoms with Crippen molar-refractivity contribution in [3.63, 3.8) is 0 Å². The van der Waals surface area contributed by atoms with Crippen LogP contribution in [0, 0.1) is 17.8 Å². The van der Waals surface area contributed by atoms with Crippen molar-refractivity contribution < 1.29 is 14.7 Å². The van der Waals surface area contributed by atoms with Gasteiger partial charge in [-0.15, -0.1) is 0 Å². The molecule has 4 heteroatoms. The molecule has 2 fully saturated rings. The Morgan fingerprint density at radius 3 is 2.29 bits per heavy atom. The molecule has 0 bridgehead atoms. The Bertz CT molecular complexity index is 297. The molecule has 4 nitrogen and oxygen atoms in total. The molecule has 2 atom stereocenters. The quantitative estimate of drug-likeness (QED) is 0.786. The van der Waals surface area contributed by atoms with Crippen molar-refractivity contribution in [2.75, 3.05) is 6.54 Å². The summed E-state index contributed by atoms with van der Waals surface area (Å²) >= 11 is 0. The zero-order valence-corrected chi connectivity index (χ0v) is 10.2. The summed E-state index contributed by atoms with van der Waals surface area (Å²) in [6.45, 7) is 0.785. The van der Waals surface area contributed by atoms with Gasteiger partial charge in [-0.3, -0.25) is 9.59 Å². The molecule has 0 aromatic heterocycles. The van der Waals surface area contributed by atoms with Crippen LogP contribution in [0.2, 0.25) is 0 Å². The molecule has 2 aliphatic rings. The van der Waals surface area contributed by atoms with Gasteiger partial charge >= 0.3 is 5.97 Å². The second-order valence-electron chi connectivity index (χ2n) is 5.44. The Morgan fingerprint density at radius 2 is 1.71 bits per heavy atom. The van der Waals surface area contributed by atoms with Crippen molar-refractivity contribution in [1.29, 1.82) is 0 Å². The van der Waals surface area contributed by atoms with Crippen LogP contribution in [0.25, 0.3) is 0 Å². The van der Waals surface area contributed by atoms with Crippen molar-refractivity contribution in [1.82, 2.24) is 5.32 Å². The van der Waals surface area contributed by atoms with E-state index in [4.69, 9.17) is 5.11 Å². The summed E-state index contributed by atoms with van der Waals surface area (Å²) in [5, 5.41) is 11.9. The third-order valence-corrected chi connectivity index (χ3v) is 4.19. The number of amides is 1. The lowest BCUT2D eigenvalue weighted by atomic mass is 10.0. The van der Waals surface area contributed by atoms with Crippen LogP contribution in [0.4, 0.5) is 0 Å². The second kappa shape index (κ2) is 5.52. The molecular weight excluding hydrogens is 218 g/mol. The molecule has 0 radical (unpaired) electrons. The van der Waals surface area contributed by atoms with Gasteiger partial charge in [0.25, 0.3) is 0 Å². The van der Waals surface area contributed by atoms with Crippen LogP contribution in [0.5, 0.6) is 0 Å². The number of carbonyl (C=O) groups excluding carboxylic acids is 1. The highest BCUT2D eigenvalue weighted by molar-refractivity contribution is 5.80. The molecule has 0 unspecified atom stereocenters. The first kappa shape index (κ1) is 12.4. The molecule has 0 aromatic rings. The summed E-state index contributed by atoms with van der Waals surface area (Å²) in [6.07, 6.45) is 6.91. The van der Waals surface area contributed by atoms with E-state index in [9.17, 15) is 9.59 Å². The van der Waals surface area contributed by atoms with E-state index < -0.39 is 5.97 Å². The Kier molecular flexibility index (Phi) is 4.02. The minimum absolute atomic E-state index is 0.0700. The Morgan fingerprint density at radius 1 is 1.06 bits per heavy atom. The standard InChI is InChI=1S/C13H21NO3/c15-12(14-8-9-3-1-2-4-9)10-5-6-11(7-10)13(16)17/h9-11H,1-8H2,(H,14,15)(H,16,17)/t10-,11+/m0/s1. The summed E-state index contributed by atoms with van der Waals surface area (Å²) in [6, 6.07) is 0. The zero-order chi connectivity index (χ0) is 12.3. The molecule has 1 amide bonds. The molecule has 0 heterocycles. The molecule has 0 spiro atoms. The number of aliphatic carboxylic acids is 1. The van der Waals surface area contributed by atoms with E-state index in [1.807, 2.05) is 0 Å². The first-order valence-corrected chi connectivity index (χ1v) is 6.67. The van der Waals surface area contributed by atoms with Crippen LogP contribution in [0.3, 0.4) is 0 Å². The molecule has 17 heavy (non-hydrogen) atoms. The third-order valence-electron chi connectivity index (χ3n) is 4.19. The van der Waals surface area contributed by atoms with Crippen LogP contribution in [0.15, 0.2) is 0 Å². The highest BCUT2D eigenvalue weighted by Gasteiger charge is 2.33. The van der Waals surface area contributed by atoms with Crippen molar-refractivity contribution >= 4 is 11.9 Å². The van der Waals surface area contributed by atoms with E-state index in [0.717, 1.165) is 13.0 Å². The fourth-order valence-corrected chi connectivity index (χ4v) is 3.05. The topological polar surface area (TPSA) is 66.4 Å². The van der Waals surface area contributed by atoms with Gasteiger partial charge in [-0.05, 0) is 38.0 Å². The largest absolute Gasteiger partial charge is 0.481 e. The van der Waals surface area contributed by atoms with Gasteiger partial charge in [0.1, 0.15) is 0 Å². The van der Waals surface area contributed by atoms with E-state index in [0.29, 0.717) is 18.8 Å². The molecule has 2 saturated carbocycles. The molecule has 0 aromatic carbocycles. The molecule has 2 rings (SSSR count). The lowest BCUT2D eigenvalue weighted by Gasteiger charge is -2.14. The number of carboxylic acids is 1. The number of hydrogen-bond acceptors (Lipinski definition) is 2. The molecular formula is C13H21NO3.